The summed E-state index contributed by atoms with van der Waals surface area (Å²) >= 11 is 0. The van der Waals surface area contributed by atoms with E-state index in [9.17, 15) is 0 Å². The largest absolute Gasteiger partial charge is 0.494 e. The van der Waals surface area contributed by atoms with Gasteiger partial charge in [-0.3, -0.25) is 0 Å². The van der Waals surface area contributed by atoms with Gasteiger partial charge < -0.3 is 15.2 Å². The SMILES string of the molecule is CCOc1cccc(Oc2nnccc2CN)c1. The third kappa shape index (κ3) is 2.95. The molecule has 0 aliphatic carbocycles. The van der Waals surface area contributed by atoms with E-state index in [4.69, 9.17) is 15.2 Å². The minimum Gasteiger partial charge on any atom is -0.494 e. The average molecular weight is 245 g/mol. The molecule has 0 aliphatic rings. The average Bonchev–Trinajstić information content (AvgIpc) is 2.40. The highest BCUT2D eigenvalue weighted by Crippen LogP contribution is 2.25. The molecule has 0 aliphatic heterocycles. The molecule has 0 saturated heterocycles. The molecule has 94 valence electrons. The zero-order valence-electron chi connectivity index (χ0n) is 10.2. The zero-order chi connectivity index (χ0) is 12.8. The molecular weight excluding hydrogens is 230 g/mol. The van der Waals surface area contributed by atoms with Gasteiger partial charge in [-0.2, -0.15) is 5.10 Å². The summed E-state index contributed by atoms with van der Waals surface area (Å²) in [4.78, 5) is 0. The Kier molecular flexibility index (Phi) is 4.09. The van der Waals surface area contributed by atoms with Gasteiger partial charge in [-0.05, 0) is 25.1 Å². The van der Waals surface area contributed by atoms with E-state index in [0.29, 0.717) is 24.8 Å². The summed E-state index contributed by atoms with van der Waals surface area (Å²) in [6.07, 6.45) is 1.59. The minimum atomic E-state index is 0.357. The van der Waals surface area contributed by atoms with Gasteiger partial charge in [0.25, 0.3) is 0 Å². The number of hydrogen-bond donors (Lipinski definition) is 1. The quantitative estimate of drug-likeness (QED) is 0.873. The van der Waals surface area contributed by atoms with Gasteiger partial charge in [-0.15, -0.1) is 5.10 Å². The lowest BCUT2D eigenvalue weighted by Gasteiger charge is -2.09. The molecule has 2 rings (SSSR count). The second-order valence-electron chi connectivity index (χ2n) is 3.58. The first-order valence-electron chi connectivity index (χ1n) is 5.75. The second kappa shape index (κ2) is 5.97. The van der Waals surface area contributed by atoms with Crippen LogP contribution in [0.4, 0.5) is 0 Å². The van der Waals surface area contributed by atoms with Gasteiger partial charge >= 0.3 is 0 Å². The molecule has 1 aromatic carbocycles. The molecule has 0 saturated carbocycles. The fourth-order valence-electron chi connectivity index (χ4n) is 1.49. The van der Waals surface area contributed by atoms with Gasteiger partial charge in [0.15, 0.2) is 0 Å². The number of ether oxygens (including phenoxy) is 2. The summed E-state index contributed by atoms with van der Waals surface area (Å²) in [7, 11) is 0. The molecule has 1 aromatic heterocycles. The summed E-state index contributed by atoms with van der Waals surface area (Å²) in [5.74, 6) is 1.83. The molecule has 0 spiro atoms. The Balaban J connectivity index is 2.20. The van der Waals surface area contributed by atoms with Gasteiger partial charge in [0.1, 0.15) is 11.5 Å². The van der Waals surface area contributed by atoms with Crippen molar-refractivity contribution < 1.29 is 9.47 Å². The highest BCUT2D eigenvalue weighted by Gasteiger charge is 2.06. The minimum absolute atomic E-state index is 0.357. The molecule has 5 nitrogen and oxygen atoms in total. The van der Waals surface area contributed by atoms with Crippen LogP contribution in [0.25, 0.3) is 0 Å². The van der Waals surface area contributed by atoms with E-state index in [-0.39, 0.29) is 0 Å². The normalized spacial score (nSPS) is 10.1. The van der Waals surface area contributed by atoms with E-state index in [1.807, 2.05) is 25.1 Å². The maximum atomic E-state index is 5.65. The standard InChI is InChI=1S/C13H15N3O2/c1-2-17-11-4-3-5-12(8-11)18-13-10(9-14)6-7-15-16-13/h3-8H,2,9,14H2,1H3. The second-order valence-corrected chi connectivity index (χ2v) is 3.58. The number of hydrogen-bond acceptors (Lipinski definition) is 5. The Bertz CT molecular complexity index is 517. The summed E-state index contributed by atoms with van der Waals surface area (Å²) in [6, 6.07) is 9.15. The van der Waals surface area contributed by atoms with E-state index in [2.05, 4.69) is 10.2 Å². The molecule has 2 aromatic rings. The fraction of sp³-hybridized carbons (Fsp3) is 0.231. The molecule has 18 heavy (non-hydrogen) atoms. The molecule has 1 heterocycles. The van der Waals surface area contributed by atoms with Crippen molar-refractivity contribution in [2.45, 2.75) is 13.5 Å². The third-order valence-corrected chi connectivity index (χ3v) is 2.32. The zero-order valence-corrected chi connectivity index (χ0v) is 10.2. The maximum absolute atomic E-state index is 5.65. The van der Waals surface area contributed by atoms with E-state index < -0.39 is 0 Å². The lowest BCUT2D eigenvalue weighted by Crippen LogP contribution is -2.02. The summed E-state index contributed by atoms with van der Waals surface area (Å²) in [6.45, 7) is 2.90. The van der Waals surface area contributed by atoms with Crippen LogP contribution in [0, 0.1) is 0 Å². The molecule has 2 N–H and O–H groups in total. The Morgan fingerprint density at radius 2 is 2.06 bits per heavy atom. The lowest BCUT2D eigenvalue weighted by molar-refractivity contribution is 0.337. The van der Waals surface area contributed by atoms with E-state index >= 15 is 0 Å². The monoisotopic (exact) mass is 245 g/mol. The molecule has 0 atom stereocenters. The number of aromatic nitrogens is 2. The van der Waals surface area contributed by atoms with E-state index in [1.54, 1.807) is 18.3 Å². The number of nitrogens with two attached hydrogens (primary N) is 1. The van der Waals surface area contributed by atoms with Crippen molar-refractivity contribution in [1.29, 1.82) is 0 Å². The van der Waals surface area contributed by atoms with Crippen molar-refractivity contribution in [2.24, 2.45) is 5.73 Å². The van der Waals surface area contributed by atoms with E-state index in [1.165, 1.54) is 0 Å². The first-order valence-corrected chi connectivity index (χ1v) is 5.75. The molecule has 0 radical (unpaired) electrons. The van der Waals surface area contributed by atoms with Crippen LogP contribution < -0.4 is 15.2 Å². The predicted molar refractivity (Wildman–Crippen MR) is 67.6 cm³/mol. The van der Waals surface area contributed by atoms with Gasteiger partial charge in [0.2, 0.25) is 5.88 Å². The maximum Gasteiger partial charge on any atom is 0.243 e. The third-order valence-electron chi connectivity index (χ3n) is 2.32. The van der Waals surface area contributed by atoms with Crippen molar-refractivity contribution in [3.8, 4) is 17.4 Å². The highest BCUT2D eigenvalue weighted by molar-refractivity contribution is 5.36. The topological polar surface area (TPSA) is 70.3 Å². The Hall–Kier alpha value is -2.14. The van der Waals surface area contributed by atoms with Crippen LogP contribution in [0.5, 0.6) is 17.4 Å². The van der Waals surface area contributed by atoms with Crippen LogP contribution in [0.2, 0.25) is 0 Å². The number of nitrogens with zero attached hydrogens (tertiary/aromatic N) is 2. The number of benzene rings is 1. The van der Waals surface area contributed by atoms with Crippen LogP contribution >= 0.6 is 0 Å². The molecule has 0 amide bonds. The van der Waals surface area contributed by atoms with Gasteiger partial charge in [-0.25, -0.2) is 0 Å². The van der Waals surface area contributed by atoms with Gasteiger partial charge in [0, 0.05) is 18.2 Å². The van der Waals surface area contributed by atoms with Crippen molar-refractivity contribution in [1.82, 2.24) is 10.2 Å². The summed E-state index contributed by atoms with van der Waals surface area (Å²) in [5, 5.41) is 7.71. The Morgan fingerprint density at radius 3 is 2.83 bits per heavy atom. The van der Waals surface area contributed by atoms with Crippen LogP contribution in [-0.2, 0) is 6.54 Å². The van der Waals surface area contributed by atoms with E-state index in [0.717, 1.165) is 11.3 Å². The van der Waals surface area contributed by atoms with Gasteiger partial charge in [0.05, 0.1) is 12.8 Å². The van der Waals surface area contributed by atoms with Crippen LogP contribution in [0.15, 0.2) is 36.5 Å². The smallest absolute Gasteiger partial charge is 0.243 e. The van der Waals surface area contributed by atoms with Crippen molar-refractivity contribution in [2.75, 3.05) is 6.61 Å². The van der Waals surface area contributed by atoms with Crippen molar-refractivity contribution >= 4 is 0 Å². The highest BCUT2D eigenvalue weighted by atomic mass is 16.5. The first-order chi connectivity index (χ1) is 8.83. The molecule has 0 bridgehead atoms. The van der Waals surface area contributed by atoms with Crippen molar-refractivity contribution in [3.05, 3.63) is 42.1 Å². The first kappa shape index (κ1) is 12.3. The Morgan fingerprint density at radius 1 is 1.22 bits per heavy atom. The Labute approximate surface area is 106 Å². The summed E-state index contributed by atoms with van der Waals surface area (Å²) < 4.78 is 11.1. The van der Waals surface area contributed by atoms with Crippen LogP contribution in [-0.4, -0.2) is 16.8 Å². The lowest BCUT2D eigenvalue weighted by atomic mass is 10.3. The molecular formula is C13H15N3O2. The predicted octanol–water partition coefficient (Wildman–Crippen LogP) is 2.13. The molecule has 0 fully saturated rings. The van der Waals surface area contributed by atoms with Crippen molar-refractivity contribution in [3.63, 3.8) is 0 Å². The number of rotatable bonds is 5. The van der Waals surface area contributed by atoms with Crippen LogP contribution in [0.3, 0.4) is 0 Å². The van der Waals surface area contributed by atoms with Gasteiger partial charge in [-0.1, -0.05) is 6.07 Å². The van der Waals surface area contributed by atoms with Crippen LogP contribution in [0.1, 0.15) is 12.5 Å². The summed E-state index contributed by atoms with van der Waals surface area (Å²) in [5.41, 5.74) is 6.42. The fourth-order valence-corrected chi connectivity index (χ4v) is 1.49. The molecule has 5 heteroatoms. The molecule has 0 unspecified atom stereocenters.